The van der Waals surface area contributed by atoms with Gasteiger partial charge in [0.25, 0.3) is 0 Å². The molecule has 0 amide bonds. The molecule has 3 nitrogen and oxygen atoms in total. The molecule has 0 unspecified atom stereocenters. The van der Waals surface area contributed by atoms with Crippen molar-refractivity contribution in [3.63, 3.8) is 0 Å². The SMILES string of the molecule is CC1(C)CCC(C)(C)c2cc(C(=O)OCc3ccc(C=O)cc3)ccc21. The minimum atomic E-state index is -0.313. The van der Waals surface area contributed by atoms with Crippen LogP contribution in [0.3, 0.4) is 0 Å². The number of benzene rings is 2. The molecule has 2 aromatic carbocycles. The highest BCUT2D eigenvalue weighted by Crippen LogP contribution is 2.45. The first kappa shape index (κ1) is 18.4. The van der Waals surface area contributed by atoms with Crippen LogP contribution in [0.25, 0.3) is 0 Å². The van der Waals surface area contributed by atoms with Gasteiger partial charge in [-0.1, -0.05) is 58.0 Å². The minimum absolute atomic E-state index is 0.0613. The van der Waals surface area contributed by atoms with Gasteiger partial charge in [0, 0.05) is 5.56 Å². The molecule has 0 heterocycles. The lowest BCUT2D eigenvalue weighted by Crippen LogP contribution is -2.34. The molecule has 0 atom stereocenters. The van der Waals surface area contributed by atoms with Gasteiger partial charge >= 0.3 is 5.97 Å². The van der Waals surface area contributed by atoms with Crippen LogP contribution in [0.5, 0.6) is 0 Å². The summed E-state index contributed by atoms with van der Waals surface area (Å²) in [5.74, 6) is -0.313. The zero-order chi connectivity index (χ0) is 18.9. The molecular formula is C23H26O3. The Morgan fingerprint density at radius 3 is 2.19 bits per heavy atom. The fraction of sp³-hybridized carbons (Fsp3) is 0.391. The van der Waals surface area contributed by atoms with Gasteiger partial charge in [-0.05, 0) is 52.5 Å². The summed E-state index contributed by atoms with van der Waals surface area (Å²) in [4.78, 5) is 23.2. The molecule has 0 spiro atoms. The van der Waals surface area contributed by atoms with Gasteiger partial charge in [0.2, 0.25) is 0 Å². The monoisotopic (exact) mass is 350 g/mol. The zero-order valence-corrected chi connectivity index (χ0v) is 16.0. The van der Waals surface area contributed by atoms with E-state index in [9.17, 15) is 9.59 Å². The second kappa shape index (κ2) is 6.71. The number of carbonyl (C=O) groups is 2. The van der Waals surface area contributed by atoms with Crippen molar-refractivity contribution >= 4 is 12.3 Å². The summed E-state index contributed by atoms with van der Waals surface area (Å²) in [5, 5.41) is 0. The Kier molecular flexibility index (Phi) is 4.74. The summed E-state index contributed by atoms with van der Waals surface area (Å²) in [6.45, 7) is 9.21. The van der Waals surface area contributed by atoms with Gasteiger partial charge in [-0.25, -0.2) is 4.79 Å². The third kappa shape index (κ3) is 3.57. The van der Waals surface area contributed by atoms with Crippen LogP contribution in [0.2, 0.25) is 0 Å². The number of esters is 1. The number of ether oxygens (including phenoxy) is 1. The van der Waals surface area contributed by atoms with Gasteiger partial charge in [0.1, 0.15) is 12.9 Å². The summed E-state index contributed by atoms with van der Waals surface area (Å²) < 4.78 is 5.47. The average Bonchev–Trinajstić information content (AvgIpc) is 2.63. The molecular weight excluding hydrogens is 324 g/mol. The van der Waals surface area contributed by atoms with Crippen LogP contribution in [0.15, 0.2) is 42.5 Å². The molecule has 0 aliphatic heterocycles. The Morgan fingerprint density at radius 2 is 1.58 bits per heavy atom. The van der Waals surface area contributed by atoms with E-state index in [0.717, 1.165) is 24.7 Å². The van der Waals surface area contributed by atoms with E-state index < -0.39 is 0 Å². The standard InChI is InChI=1S/C23H26O3/c1-22(2)11-12-23(3,4)20-13-18(9-10-19(20)22)21(25)26-15-17-7-5-16(14-24)6-8-17/h5-10,13-14H,11-12,15H2,1-4H3. The van der Waals surface area contributed by atoms with Crippen molar-refractivity contribution in [3.05, 3.63) is 70.3 Å². The Bertz CT molecular complexity index is 829. The van der Waals surface area contributed by atoms with E-state index in [1.807, 2.05) is 12.1 Å². The van der Waals surface area contributed by atoms with Gasteiger partial charge < -0.3 is 4.74 Å². The van der Waals surface area contributed by atoms with Crippen LogP contribution in [0.1, 0.15) is 77.9 Å². The maximum absolute atomic E-state index is 12.5. The Balaban J connectivity index is 1.79. The van der Waals surface area contributed by atoms with Crippen LogP contribution in [-0.2, 0) is 22.2 Å². The molecule has 1 aliphatic carbocycles. The molecule has 0 fully saturated rings. The van der Waals surface area contributed by atoms with E-state index in [2.05, 4.69) is 33.8 Å². The lowest BCUT2D eigenvalue weighted by atomic mass is 9.63. The number of fused-ring (bicyclic) bond motifs is 1. The van der Waals surface area contributed by atoms with E-state index >= 15 is 0 Å². The summed E-state index contributed by atoms with van der Waals surface area (Å²) in [6.07, 6.45) is 3.05. The molecule has 3 heteroatoms. The van der Waals surface area contributed by atoms with Gasteiger partial charge in [-0.2, -0.15) is 0 Å². The number of aldehydes is 1. The summed E-state index contributed by atoms with van der Waals surface area (Å²) in [5.41, 5.74) is 4.84. The van der Waals surface area contributed by atoms with Crippen molar-refractivity contribution in [2.24, 2.45) is 0 Å². The van der Waals surface area contributed by atoms with E-state index in [1.165, 1.54) is 11.1 Å². The third-order valence-corrected chi connectivity index (χ3v) is 5.57. The molecule has 0 bridgehead atoms. The average molecular weight is 350 g/mol. The predicted molar refractivity (Wildman–Crippen MR) is 103 cm³/mol. The Morgan fingerprint density at radius 1 is 0.962 bits per heavy atom. The van der Waals surface area contributed by atoms with Gasteiger partial charge in [-0.3, -0.25) is 4.79 Å². The lowest BCUT2D eigenvalue weighted by molar-refractivity contribution is 0.0472. The maximum Gasteiger partial charge on any atom is 0.338 e. The first-order chi connectivity index (χ1) is 12.2. The predicted octanol–water partition coefficient (Wildman–Crippen LogP) is 5.21. The first-order valence-electron chi connectivity index (χ1n) is 9.09. The minimum Gasteiger partial charge on any atom is -0.457 e. The van der Waals surface area contributed by atoms with Crippen molar-refractivity contribution in [3.8, 4) is 0 Å². The number of hydrogen-bond donors (Lipinski definition) is 0. The van der Waals surface area contributed by atoms with Crippen LogP contribution in [0.4, 0.5) is 0 Å². The second-order valence-corrected chi connectivity index (χ2v) is 8.46. The maximum atomic E-state index is 12.5. The highest BCUT2D eigenvalue weighted by molar-refractivity contribution is 5.90. The van der Waals surface area contributed by atoms with Crippen LogP contribution in [0, 0.1) is 0 Å². The smallest absolute Gasteiger partial charge is 0.338 e. The molecule has 0 aromatic heterocycles. The molecule has 0 saturated carbocycles. The summed E-state index contributed by atoms with van der Waals surface area (Å²) in [6, 6.07) is 13.0. The van der Waals surface area contributed by atoms with Gasteiger partial charge in [-0.15, -0.1) is 0 Å². The summed E-state index contributed by atoms with van der Waals surface area (Å²) >= 11 is 0. The molecule has 26 heavy (non-hydrogen) atoms. The molecule has 0 N–H and O–H groups in total. The van der Waals surface area contributed by atoms with Crippen molar-refractivity contribution < 1.29 is 14.3 Å². The third-order valence-electron chi connectivity index (χ3n) is 5.57. The number of hydrogen-bond acceptors (Lipinski definition) is 3. The Labute approximate surface area is 155 Å². The number of carbonyl (C=O) groups excluding carboxylic acids is 2. The molecule has 3 rings (SSSR count). The topological polar surface area (TPSA) is 43.4 Å². The van der Waals surface area contributed by atoms with E-state index in [0.29, 0.717) is 11.1 Å². The molecule has 0 saturated heterocycles. The van der Waals surface area contributed by atoms with E-state index in [4.69, 9.17) is 4.74 Å². The van der Waals surface area contributed by atoms with Crippen LogP contribution in [-0.4, -0.2) is 12.3 Å². The first-order valence-corrected chi connectivity index (χ1v) is 9.09. The number of rotatable bonds is 4. The van der Waals surface area contributed by atoms with Crippen molar-refractivity contribution in [1.29, 1.82) is 0 Å². The summed E-state index contributed by atoms with van der Waals surface area (Å²) in [7, 11) is 0. The van der Waals surface area contributed by atoms with E-state index in [-0.39, 0.29) is 23.4 Å². The van der Waals surface area contributed by atoms with Crippen molar-refractivity contribution in [2.45, 2.75) is 58.0 Å². The normalized spacial score (nSPS) is 17.2. The highest BCUT2D eigenvalue weighted by atomic mass is 16.5. The van der Waals surface area contributed by atoms with E-state index in [1.54, 1.807) is 24.3 Å². The largest absolute Gasteiger partial charge is 0.457 e. The second-order valence-electron chi connectivity index (χ2n) is 8.46. The molecule has 0 radical (unpaired) electrons. The van der Waals surface area contributed by atoms with Crippen LogP contribution < -0.4 is 0 Å². The fourth-order valence-electron chi connectivity index (χ4n) is 3.64. The lowest BCUT2D eigenvalue weighted by Gasteiger charge is -2.41. The zero-order valence-electron chi connectivity index (χ0n) is 16.0. The van der Waals surface area contributed by atoms with Crippen molar-refractivity contribution in [2.75, 3.05) is 0 Å². The molecule has 136 valence electrons. The van der Waals surface area contributed by atoms with Gasteiger partial charge in [0.05, 0.1) is 5.56 Å². The van der Waals surface area contributed by atoms with Crippen LogP contribution >= 0.6 is 0 Å². The fourth-order valence-corrected chi connectivity index (χ4v) is 3.64. The Hall–Kier alpha value is -2.42. The highest BCUT2D eigenvalue weighted by Gasteiger charge is 2.37. The van der Waals surface area contributed by atoms with Gasteiger partial charge in [0.15, 0.2) is 0 Å². The molecule has 2 aromatic rings. The molecule has 1 aliphatic rings. The quantitative estimate of drug-likeness (QED) is 0.562. The van der Waals surface area contributed by atoms with Crippen molar-refractivity contribution in [1.82, 2.24) is 0 Å².